The van der Waals surface area contributed by atoms with Crippen LogP contribution in [0.5, 0.6) is 0 Å². The molecule has 1 aromatic heterocycles. The average Bonchev–Trinajstić information content (AvgIpc) is 2.26. The van der Waals surface area contributed by atoms with Crippen LogP contribution in [0.2, 0.25) is 0 Å². The fraction of sp³-hybridized carbons (Fsp3) is 0.300. The number of hydrogen-bond acceptors (Lipinski definition) is 5. The van der Waals surface area contributed by atoms with E-state index in [4.69, 9.17) is 4.74 Å². The van der Waals surface area contributed by atoms with Crippen LogP contribution in [0.4, 0.5) is 0 Å². The summed E-state index contributed by atoms with van der Waals surface area (Å²) in [7, 11) is 0. The van der Waals surface area contributed by atoms with Crippen molar-refractivity contribution < 1.29 is 49.0 Å². The van der Waals surface area contributed by atoms with Gasteiger partial charge in [-0.1, -0.05) is 6.92 Å². The summed E-state index contributed by atoms with van der Waals surface area (Å²) in [5.74, 6) is -1.88. The quantitative estimate of drug-likeness (QED) is 0.408. The number of nitrogens with zero attached hydrogens (tertiary/aromatic N) is 1. The Kier molecular flexibility index (Phi) is 6.96. The molecule has 0 atom stereocenters. The molecule has 0 fully saturated rings. The Balaban J connectivity index is 0.00000225. The summed E-state index contributed by atoms with van der Waals surface area (Å²) < 4.78 is 4.84. The van der Waals surface area contributed by atoms with Crippen LogP contribution in [-0.2, 0) is 4.74 Å². The van der Waals surface area contributed by atoms with Gasteiger partial charge in [0.15, 0.2) is 0 Å². The number of aromatic nitrogens is 1. The van der Waals surface area contributed by atoms with Crippen LogP contribution in [0.3, 0.4) is 0 Å². The van der Waals surface area contributed by atoms with Gasteiger partial charge in [-0.25, -0.2) is 4.79 Å². The third-order valence-corrected chi connectivity index (χ3v) is 1.65. The molecular weight excluding hydrogens is 221 g/mol. The predicted molar refractivity (Wildman–Crippen MR) is 49.1 cm³/mol. The maximum Gasteiger partial charge on any atom is 1.00 e. The van der Waals surface area contributed by atoms with E-state index in [0.717, 1.165) is 12.6 Å². The van der Waals surface area contributed by atoms with Crippen molar-refractivity contribution in [3.05, 3.63) is 29.6 Å². The maximum atomic E-state index is 11.3. The summed E-state index contributed by atoms with van der Waals surface area (Å²) in [6.07, 6.45) is 1.89. The molecule has 0 unspecified atom stereocenters. The molecule has 16 heavy (non-hydrogen) atoms. The van der Waals surface area contributed by atoms with Gasteiger partial charge in [0.05, 0.1) is 23.8 Å². The number of aromatic carboxylic acids is 1. The first-order valence-electron chi connectivity index (χ1n) is 4.49. The van der Waals surface area contributed by atoms with E-state index in [1.165, 1.54) is 12.1 Å². The Morgan fingerprint density at radius 2 is 2.12 bits per heavy atom. The predicted octanol–water partition coefficient (Wildman–Crippen LogP) is -2.98. The number of ether oxygens (including phenoxy) is 1. The monoisotopic (exact) mass is 231 g/mol. The van der Waals surface area contributed by atoms with Crippen LogP contribution < -0.4 is 34.7 Å². The third-order valence-electron chi connectivity index (χ3n) is 1.65. The standard InChI is InChI=1S/C10H11NO4.Na/c1-2-5-15-10(14)7-3-4-8(9(12)13)11-6-7;/h3-4,6H,2,5H2,1H3,(H,12,13);/q;+1/p-1. The summed E-state index contributed by atoms with van der Waals surface area (Å²) in [6, 6.07) is 2.55. The Morgan fingerprint density at radius 3 is 2.56 bits per heavy atom. The molecule has 0 aliphatic rings. The minimum absolute atomic E-state index is 0. The van der Waals surface area contributed by atoms with E-state index in [1.807, 2.05) is 6.92 Å². The normalized spacial score (nSPS) is 9.06. The zero-order chi connectivity index (χ0) is 11.3. The van der Waals surface area contributed by atoms with Crippen LogP contribution in [0.25, 0.3) is 0 Å². The summed E-state index contributed by atoms with van der Waals surface area (Å²) in [4.78, 5) is 25.2. The minimum atomic E-state index is -1.37. The first-order chi connectivity index (χ1) is 7.15. The van der Waals surface area contributed by atoms with E-state index in [2.05, 4.69) is 4.98 Å². The molecule has 80 valence electrons. The van der Waals surface area contributed by atoms with E-state index in [1.54, 1.807) is 0 Å². The second-order valence-corrected chi connectivity index (χ2v) is 2.86. The van der Waals surface area contributed by atoms with Crippen molar-refractivity contribution >= 4 is 11.9 Å². The summed E-state index contributed by atoms with van der Waals surface area (Å²) in [5, 5.41) is 10.4. The third kappa shape index (κ3) is 4.30. The van der Waals surface area contributed by atoms with Crippen LogP contribution in [0, 0.1) is 0 Å². The van der Waals surface area contributed by atoms with Crippen LogP contribution in [0.1, 0.15) is 34.2 Å². The number of esters is 1. The van der Waals surface area contributed by atoms with Gasteiger partial charge in [0.25, 0.3) is 0 Å². The first-order valence-corrected chi connectivity index (χ1v) is 4.49. The molecule has 0 amide bonds. The van der Waals surface area contributed by atoms with Crippen molar-refractivity contribution in [1.82, 2.24) is 4.98 Å². The molecule has 5 nitrogen and oxygen atoms in total. The average molecular weight is 231 g/mol. The molecule has 0 aliphatic carbocycles. The van der Waals surface area contributed by atoms with Crippen molar-refractivity contribution in [3.8, 4) is 0 Å². The zero-order valence-electron chi connectivity index (χ0n) is 9.23. The van der Waals surface area contributed by atoms with E-state index in [0.29, 0.717) is 6.61 Å². The zero-order valence-corrected chi connectivity index (χ0v) is 11.2. The molecular formula is C10H10NNaO4. The molecule has 0 saturated heterocycles. The van der Waals surface area contributed by atoms with Gasteiger partial charge in [0, 0.05) is 6.20 Å². The van der Waals surface area contributed by atoms with Gasteiger partial charge >= 0.3 is 35.5 Å². The van der Waals surface area contributed by atoms with Crippen molar-refractivity contribution in [1.29, 1.82) is 0 Å². The van der Waals surface area contributed by atoms with E-state index < -0.39 is 11.9 Å². The van der Waals surface area contributed by atoms with E-state index >= 15 is 0 Å². The molecule has 1 aromatic rings. The number of carboxylic acid groups (broad SMARTS) is 1. The minimum Gasteiger partial charge on any atom is -0.543 e. The van der Waals surface area contributed by atoms with Crippen molar-refractivity contribution in [2.75, 3.05) is 6.61 Å². The second kappa shape index (κ2) is 7.38. The maximum absolute atomic E-state index is 11.3. The molecule has 0 bridgehead atoms. The smallest absolute Gasteiger partial charge is 0.543 e. The van der Waals surface area contributed by atoms with Gasteiger partial charge in [-0.15, -0.1) is 0 Å². The molecule has 1 heterocycles. The second-order valence-electron chi connectivity index (χ2n) is 2.86. The Hall–Kier alpha value is -0.910. The van der Waals surface area contributed by atoms with Crippen LogP contribution in [-0.4, -0.2) is 23.5 Å². The fourth-order valence-corrected chi connectivity index (χ4v) is 0.913. The number of pyridine rings is 1. The number of carbonyl (C=O) groups is 2. The SMILES string of the molecule is CCCOC(=O)c1ccc(C(=O)[O-])nc1.[Na+]. The van der Waals surface area contributed by atoms with Crippen molar-refractivity contribution in [2.45, 2.75) is 13.3 Å². The van der Waals surface area contributed by atoms with Gasteiger partial charge in [-0.2, -0.15) is 0 Å². The Bertz CT molecular complexity index is 364. The molecule has 0 aromatic carbocycles. The molecule has 0 radical (unpaired) electrons. The molecule has 6 heteroatoms. The summed E-state index contributed by atoms with van der Waals surface area (Å²) >= 11 is 0. The van der Waals surface area contributed by atoms with Gasteiger partial charge < -0.3 is 14.6 Å². The molecule has 0 N–H and O–H groups in total. The van der Waals surface area contributed by atoms with Gasteiger partial charge in [-0.3, -0.25) is 4.98 Å². The first kappa shape index (κ1) is 15.1. The summed E-state index contributed by atoms with van der Waals surface area (Å²) in [6.45, 7) is 2.21. The van der Waals surface area contributed by atoms with Gasteiger partial charge in [-0.05, 0) is 18.6 Å². The molecule has 0 aliphatic heterocycles. The fourth-order valence-electron chi connectivity index (χ4n) is 0.913. The topological polar surface area (TPSA) is 79.3 Å². The van der Waals surface area contributed by atoms with Crippen LogP contribution >= 0.6 is 0 Å². The molecule has 0 saturated carbocycles. The number of carboxylic acids is 1. The van der Waals surface area contributed by atoms with Gasteiger partial charge in [0.2, 0.25) is 0 Å². The Labute approximate surface area is 115 Å². The Morgan fingerprint density at radius 1 is 1.44 bits per heavy atom. The van der Waals surface area contributed by atoms with Crippen molar-refractivity contribution in [2.24, 2.45) is 0 Å². The van der Waals surface area contributed by atoms with Crippen LogP contribution in [0.15, 0.2) is 18.3 Å². The van der Waals surface area contributed by atoms with Gasteiger partial charge in [0.1, 0.15) is 0 Å². The molecule has 0 spiro atoms. The van der Waals surface area contributed by atoms with E-state index in [9.17, 15) is 14.7 Å². The van der Waals surface area contributed by atoms with E-state index in [-0.39, 0.29) is 40.8 Å². The summed E-state index contributed by atoms with van der Waals surface area (Å²) in [5.41, 5.74) is 0.0236. The number of hydrogen-bond donors (Lipinski definition) is 0. The molecule has 1 rings (SSSR count). The number of rotatable bonds is 4. The number of carbonyl (C=O) groups excluding carboxylic acids is 2. The largest absolute Gasteiger partial charge is 1.00 e. The van der Waals surface area contributed by atoms with Crippen molar-refractivity contribution in [3.63, 3.8) is 0 Å².